The van der Waals surface area contributed by atoms with Crippen LogP contribution in [0.1, 0.15) is 21.7 Å². The molecule has 0 fully saturated rings. The average molecular weight is 343 g/mol. The highest BCUT2D eigenvalue weighted by Crippen LogP contribution is 2.16. The molecule has 0 saturated heterocycles. The highest BCUT2D eigenvalue weighted by Gasteiger charge is 2.13. The molecule has 5 nitrogen and oxygen atoms in total. The smallest absolute Gasteiger partial charge is 0.291 e. The second kappa shape index (κ2) is 6.76. The molecule has 1 N–H and O–H groups in total. The fourth-order valence-corrected chi connectivity index (χ4v) is 2.59. The minimum absolute atomic E-state index is 0.147. The van der Waals surface area contributed by atoms with Crippen molar-refractivity contribution in [3.05, 3.63) is 87.2 Å². The number of hydrogen-bond donors (Lipinski definition) is 1. The van der Waals surface area contributed by atoms with Crippen LogP contribution in [0.4, 0.5) is 5.69 Å². The summed E-state index contributed by atoms with van der Waals surface area (Å²) in [4.78, 5) is 24.7. The summed E-state index contributed by atoms with van der Waals surface area (Å²) in [5.74, 6) is -0.319. The van der Waals surface area contributed by atoms with Crippen molar-refractivity contribution in [1.29, 1.82) is 0 Å². The van der Waals surface area contributed by atoms with Gasteiger partial charge in [-0.25, -0.2) is 0 Å². The number of rotatable bonds is 4. The maximum atomic E-state index is 12.6. The molecule has 0 aliphatic carbocycles. The molecule has 1 aromatic carbocycles. The standard InChI is InChI=1S/C18H15ClN2O3/c1-12-9-15(20-17(22)16-7-4-8-24-16)18(23)21(10-12)11-13-5-2-3-6-14(13)19/h2-10H,11H2,1H3,(H,20,22). The molecule has 0 saturated carbocycles. The van der Waals surface area contributed by atoms with E-state index in [1.165, 1.54) is 16.9 Å². The zero-order chi connectivity index (χ0) is 17.1. The molecular weight excluding hydrogens is 328 g/mol. The Morgan fingerprint density at radius 3 is 2.75 bits per heavy atom. The molecule has 0 unspecified atom stereocenters. The van der Waals surface area contributed by atoms with Crippen molar-refractivity contribution in [1.82, 2.24) is 4.57 Å². The van der Waals surface area contributed by atoms with E-state index in [1.54, 1.807) is 24.4 Å². The Balaban J connectivity index is 1.92. The van der Waals surface area contributed by atoms with Crippen LogP contribution < -0.4 is 10.9 Å². The van der Waals surface area contributed by atoms with E-state index in [0.717, 1.165) is 11.1 Å². The predicted molar refractivity (Wildman–Crippen MR) is 92.7 cm³/mol. The number of hydrogen-bond acceptors (Lipinski definition) is 3. The number of carbonyl (C=O) groups is 1. The topological polar surface area (TPSA) is 64.2 Å². The zero-order valence-corrected chi connectivity index (χ0v) is 13.7. The Morgan fingerprint density at radius 2 is 2.04 bits per heavy atom. The van der Waals surface area contributed by atoms with E-state index in [9.17, 15) is 9.59 Å². The fraction of sp³-hybridized carbons (Fsp3) is 0.111. The van der Waals surface area contributed by atoms with Crippen LogP contribution in [0.3, 0.4) is 0 Å². The van der Waals surface area contributed by atoms with E-state index in [-0.39, 0.29) is 17.0 Å². The van der Waals surface area contributed by atoms with Crippen LogP contribution in [-0.4, -0.2) is 10.5 Å². The molecule has 1 amide bonds. The summed E-state index contributed by atoms with van der Waals surface area (Å²) in [6, 6.07) is 12.1. The van der Waals surface area contributed by atoms with Crippen LogP contribution in [-0.2, 0) is 6.54 Å². The van der Waals surface area contributed by atoms with Crippen LogP contribution in [0.2, 0.25) is 5.02 Å². The first-order valence-electron chi connectivity index (χ1n) is 7.34. The Labute approximate surface area is 143 Å². The third kappa shape index (κ3) is 3.41. The van der Waals surface area contributed by atoms with Crippen LogP contribution in [0, 0.1) is 6.92 Å². The van der Waals surface area contributed by atoms with Crippen molar-refractivity contribution in [3.63, 3.8) is 0 Å². The lowest BCUT2D eigenvalue weighted by atomic mass is 10.2. The van der Waals surface area contributed by atoms with Crippen molar-refractivity contribution < 1.29 is 9.21 Å². The van der Waals surface area contributed by atoms with Gasteiger partial charge in [-0.3, -0.25) is 9.59 Å². The minimum atomic E-state index is -0.466. The molecule has 122 valence electrons. The Morgan fingerprint density at radius 1 is 1.25 bits per heavy atom. The molecule has 0 aliphatic rings. The number of benzene rings is 1. The summed E-state index contributed by atoms with van der Waals surface area (Å²) in [6.07, 6.45) is 3.13. The first kappa shape index (κ1) is 16.1. The number of nitrogens with zero attached hydrogens (tertiary/aromatic N) is 1. The van der Waals surface area contributed by atoms with Gasteiger partial charge in [0.2, 0.25) is 0 Å². The molecule has 2 aromatic heterocycles. The summed E-state index contributed by atoms with van der Waals surface area (Å²) in [6.45, 7) is 2.18. The number of nitrogens with one attached hydrogen (secondary N) is 1. The van der Waals surface area contributed by atoms with E-state index in [2.05, 4.69) is 5.32 Å². The number of anilines is 1. The molecule has 0 spiro atoms. The van der Waals surface area contributed by atoms with Gasteiger partial charge in [0.1, 0.15) is 5.69 Å². The predicted octanol–water partition coefficient (Wildman–Crippen LogP) is 3.70. The fourth-order valence-electron chi connectivity index (χ4n) is 2.39. The van der Waals surface area contributed by atoms with Crippen LogP contribution in [0.25, 0.3) is 0 Å². The second-order valence-corrected chi connectivity index (χ2v) is 5.79. The van der Waals surface area contributed by atoms with Gasteiger partial charge >= 0.3 is 0 Å². The number of halogens is 1. The number of pyridine rings is 1. The summed E-state index contributed by atoms with van der Waals surface area (Å²) in [5, 5.41) is 3.19. The second-order valence-electron chi connectivity index (χ2n) is 5.39. The molecule has 0 bridgehead atoms. The Kier molecular flexibility index (Phi) is 4.53. The molecule has 3 rings (SSSR count). The minimum Gasteiger partial charge on any atom is -0.459 e. The molecule has 3 aromatic rings. The Bertz CT molecular complexity index is 930. The Hall–Kier alpha value is -2.79. The summed E-state index contributed by atoms with van der Waals surface area (Å²) in [7, 11) is 0. The summed E-state index contributed by atoms with van der Waals surface area (Å²) >= 11 is 6.16. The largest absolute Gasteiger partial charge is 0.459 e. The van der Waals surface area contributed by atoms with Gasteiger partial charge < -0.3 is 14.3 Å². The van der Waals surface area contributed by atoms with E-state index >= 15 is 0 Å². The maximum absolute atomic E-state index is 12.6. The third-order valence-corrected chi connectivity index (χ3v) is 3.88. The molecule has 0 atom stereocenters. The van der Waals surface area contributed by atoms with E-state index in [4.69, 9.17) is 16.0 Å². The van der Waals surface area contributed by atoms with Crippen molar-refractivity contribution in [2.45, 2.75) is 13.5 Å². The molecule has 6 heteroatoms. The van der Waals surface area contributed by atoms with Crippen molar-refractivity contribution in [2.24, 2.45) is 0 Å². The number of amides is 1. The van der Waals surface area contributed by atoms with Crippen molar-refractivity contribution >= 4 is 23.2 Å². The van der Waals surface area contributed by atoms with E-state index in [1.807, 2.05) is 25.1 Å². The van der Waals surface area contributed by atoms with Gasteiger partial charge in [-0.05, 0) is 42.3 Å². The number of carbonyl (C=O) groups excluding carboxylic acids is 1. The van der Waals surface area contributed by atoms with E-state index < -0.39 is 5.91 Å². The average Bonchev–Trinajstić information content (AvgIpc) is 3.08. The van der Waals surface area contributed by atoms with Gasteiger partial charge in [0.05, 0.1) is 12.8 Å². The number of aromatic nitrogens is 1. The molecule has 0 aliphatic heterocycles. The lowest BCUT2D eigenvalue weighted by molar-refractivity contribution is 0.0996. The SMILES string of the molecule is Cc1cc(NC(=O)c2ccco2)c(=O)n(Cc2ccccc2Cl)c1. The normalized spacial score (nSPS) is 10.6. The van der Waals surface area contributed by atoms with Gasteiger partial charge in [0.15, 0.2) is 5.76 Å². The van der Waals surface area contributed by atoms with Gasteiger partial charge in [-0.1, -0.05) is 29.8 Å². The van der Waals surface area contributed by atoms with Crippen molar-refractivity contribution in [2.75, 3.05) is 5.32 Å². The summed E-state index contributed by atoms with van der Waals surface area (Å²) < 4.78 is 6.56. The van der Waals surface area contributed by atoms with E-state index in [0.29, 0.717) is 11.6 Å². The van der Waals surface area contributed by atoms with Crippen LogP contribution in [0.15, 0.2) is 64.1 Å². The molecule has 2 heterocycles. The maximum Gasteiger partial charge on any atom is 0.291 e. The van der Waals surface area contributed by atoms with Gasteiger partial charge in [0, 0.05) is 11.2 Å². The highest BCUT2D eigenvalue weighted by molar-refractivity contribution is 6.31. The first-order chi connectivity index (χ1) is 11.5. The quantitative estimate of drug-likeness (QED) is 0.786. The summed E-state index contributed by atoms with van der Waals surface area (Å²) in [5.41, 5.74) is 1.57. The number of furan rings is 1. The third-order valence-electron chi connectivity index (χ3n) is 3.51. The van der Waals surface area contributed by atoms with Crippen molar-refractivity contribution in [3.8, 4) is 0 Å². The lowest BCUT2D eigenvalue weighted by Crippen LogP contribution is -2.26. The molecular formula is C18H15ClN2O3. The molecule has 0 radical (unpaired) electrons. The van der Waals surface area contributed by atoms with Gasteiger partial charge in [-0.2, -0.15) is 0 Å². The monoisotopic (exact) mass is 342 g/mol. The van der Waals surface area contributed by atoms with Crippen LogP contribution in [0.5, 0.6) is 0 Å². The lowest BCUT2D eigenvalue weighted by Gasteiger charge is -2.11. The number of aryl methyl sites for hydroxylation is 1. The van der Waals surface area contributed by atoms with Gasteiger partial charge in [0.25, 0.3) is 11.5 Å². The molecule has 24 heavy (non-hydrogen) atoms. The van der Waals surface area contributed by atoms with Gasteiger partial charge in [-0.15, -0.1) is 0 Å². The zero-order valence-electron chi connectivity index (χ0n) is 13.0. The highest BCUT2D eigenvalue weighted by atomic mass is 35.5. The first-order valence-corrected chi connectivity index (χ1v) is 7.72. The van der Waals surface area contributed by atoms with Crippen LogP contribution >= 0.6 is 11.6 Å².